The van der Waals surface area contributed by atoms with Gasteiger partial charge in [-0.25, -0.2) is 0 Å². The van der Waals surface area contributed by atoms with Crippen molar-refractivity contribution in [3.8, 4) is 11.6 Å². The number of carbonyl (C=O) groups excluding carboxylic acids is 1. The first-order chi connectivity index (χ1) is 13.0. The monoisotopic (exact) mass is 410 g/mol. The molecule has 1 saturated heterocycles. The van der Waals surface area contributed by atoms with Crippen LogP contribution in [-0.4, -0.2) is 60.2 Å². The Kier molecular flexibility index (Phi) is 6.23. The van der Waals surface area contributed by atoms with Crippen molar-refractivity contribution in [2.24, 2.45) is 0 Å². The number of halogens is 2. The summed E-state index contributed by atoms with van der Waals surface area (Å²) in [6.45, 7) is 4.20. The fourth-order valence-corrected chi connectivity index (χ4v) is 3.09. The van der Waals surface area contributed by atoms with Crippen LogP contribution in [0.5, 0.6) is 11.6 Å². The largest absolute Gasteiger partial charge is 0.481 e. The summed E-state index contributed by atoms with van der Waals surface area (Å²) in [4.78, 5) is 25.0. The predicted molar refractivity (Wildman–Crippen MR) is 104 cm³/mol. The summed E-state index contributed by atoms with van der Waals surface area (Å²) in [6.07, 6.45) is 2.63. The second kappa shape index (κ2) is 8.63. The molecule has 3 rings (SSSR count). The molecule has 0 saturated carbocycles. The van der Waals surface area contributed by atoms with Crippen molar-refractivity contribution < 1.29 is 14.3 Å². The zero-order chi connectivity index (χ0) is 19.4. The highest BCUT2D eigenvalue weighted by Gasteiger charge is 2.27. The van der Waals surface area contributed by atoms with Crippen molar-refractivity contribution in [1.29, 1.82) is 0 Å². The van der Waals surface area contributed by atoms with E-state index in [0.29, 0.717) is 47.9 Å². The Morgan fingerprint density at radius 1 is 1.15 bits per heavy atom. The molecule has 1 atom stereocenters. The van der Waals surface area contributed by atoms with E-state index in [9.17, 15) is 4.79 Å². The number of anilines is 1. The molecule has 0 N–H and O–H groups in total. The van der Waals surface area contributed by atoms with E-state index in [0.717, 1.165) is 5.82 Å². The first-order valence-electron chi connectivity index (χ1n) is 8.49. The quantitative estimate of drug-likeness (QED) is 0.754. The molecule has 1 amide bonds. The first-order valence-corrected chi connectivity index (χ1v) is 9.25. The number of rotatable bonds is 5. The minimum absolute atomic E-state index is 0.0718. The molecule has 7 nitrogen and oxygen atoms in total. The molecule has 1 aromatic heterocycles. The van der Waals surface area contributed by atoms with Crippen molar-refractivity contribution in [3.63, 3.8) is 0 Å². The summed E-state index contributed by atoms with van der Waals surface area (Å²) in [7, 11) is 1.56. The number of nitrogens with zero attached hydrogens (tertiary/aromatic N) is 4. The molecule has 1 aliphatic rings. The standard InChI is InChI=1S/C18H20Cl2N4O3/c1-12(27-13-3-4-14(19)15(20)9-13)18(25)24-7-5-23(6-8-24)16-10-21-11-17(22-16)26-2/h3-4,9-12H,5-8H2,1-2H3. The summed E-state index contributed by atoms with van der Waals surface area (Å²) < 4.78 is 10.8. The highest BCUT2D eigenvalue weighted by molar-refractivity contribution is 6.42. The zero-order valence-electron chi connectivity index (χ0n) is 15.1. The van der Waals surface area contributed by atoms with Gasteiger partial charge in [0.1, 0.15) is 5.75 Å². The van der Waals surface area contributed by atoms with E-state index >= 15 is 0 Å². The number of ether oxygens (including phenoxy) is 2. The molecule has 1 fully saturated rings. The number of amides is 1. The molecule has 0 aliphatic carbocycles. The van der Waals surface area contributed by atoms with Gasteiger partial charge in [0.2, 0.25) is 5.88 Å². The highest BCUT2D eigenvalue weighted by Crippen LogP contribution is 2.27. The summed E-state index contributed by atoms with van der Waals surface area (Å²) >= 11 is 11.9. The molecule has 1 aliphatic heterocycles. The Morgan fingerprint density at radius 2 is 1.89 bits per heavy atom. The van der Waals surface area contributed by atoms with Crippen molar-refractivity contribution >= 4 is 34.9 Å². The summed E-state index contributed by atoms with van der Waals surface area (Å²) in [6, 6.07) is 4.94. The predicted octanol–water partition coefficient (Wildman–Crippen LogP) is 2.91. The number of hydrogen-bond donors (Lipinski definition) is 0. The van der Waals surface area contributed by atoms with Crippen LogP contribution in [0, 0.1) is 0 Å². The lowest BCUT2D eigenvalue weighted by Gasteiger charge is -2.36. The third-order valence-electron chi connectivity index (χ3n) is 4.28. The van der Waals surface area contributed by atoms with Crippen molar-refractivity contribution in [2.45, 2.75) is 13.0 Å². The zero-order valence-corrected chi connectivity index (χ0v) is 16.6. The van der Waals surface area contributed by atoms with Crippen LogP contribution in [0.2, 0.25) is 10.0 Å². The van der Waals surface area contributed by atoms with E-state index in [2.05, 4.69) is 14.9 Å². The van der Waals surface area contributed by atoms with E-state index < -0.39 is 6.10 Å². The number of benzene rings is 1. The maximum Gasteiger partial charge on any atom is 0.263 e. The molecule has 2 aromatic rings. The number of methoxy groups -OCH3 is 1. The van der Waals surface area contributed by atoms with E-state index in [1.165, 1.54) is 0 Å². The third-order valence-corrected chi connectivity index (χ3v) is 5.01. The van der Waals surface area contributed by atoms with Crippen LogP contribution in [-0.2, 0) is 4.79 Å². The molecular formula is C18H20Cl2N4O3. The lowest BCUT2D eigenvalue weighted by molar-refractivity contribution is -0.138. The Hall–Kier alpha value is -2.25. The van der Waals surface area contributed by atoms with Crippen LogP contribution >= 0.6 is 23.2 Å². The van der Waals surface area contributed by atoms with Crippen molar-refractivity contribution in [2.75, 3.05) is 38.2 Å². The molecule has 0 radical (unpaired) electrons. The van der Waals surface area contributed by atoms with Gasteiger partial charge in [0.15, 0.2) is 11.9 Å². The maximum absolute atomic E-state index is 12.7. The van der Waals surface area contributed by atoms with Crippen LogP contribution < -0.4 is 14.4 Å². The van der Waals surface area contributed by atoms with E-state index in [1.54, 1.807) is 49.5 Å². The van der Waals surface area contributed by atoms with E-state index in [1.807, 2.05) is 0 Å². The number of piperazine rings is 1. The van der Waals surface area contributed by atoms with Gasteiger partial charge < -0.3 is 19.3 Å². The average molecular weight is 411 g/mol. The van der Waals surface area contributed by atoms with Gasteiger partial charge in [0, 0.05) is 32.2 Å². The van der Waals surface area contributed by atoms with Crippen LogP contribution in [0.4, 0.5) is 5.82 Å². The fraction of sp³-hybridized carbons (Fsp3) is 0.389. The molecule has 144 valence electrons. The molecule has 2 heterocycles. The van der Waals surface area contributed by atoms with Crippen molar-refractivity contribution in [1.82, 2.24) is 14.9 Å². The fourth-order valence-electron chi connectivity index (χ4n) is 2.81. The van der Waals surface area contributed by atoms with Crippen molar-refractivity contribution in [3.05, 3.63) is 40.6 Å². The summed E-state index contributed by atoms with van der Waals surface area (Å²) in [5.74, 6) is 1.64. The third kappa shape index (κ3) is 4.73. The number of hydrogen-bond acceptors (Lipinski definition) is 6. The Bertz CT molecular complexity index is 813. The molecule has 27 heavy (non-hydrogen) atoms. The molecule has 1 unspecified atom stereocenters. The Labute approximate surface area is 167 Å². The van der Waals surface area contributed by atoms with Gasteiger partial charge in [0.25, 0.3) is 5.91 Å². The second-order valence-electron chi connectivity index (χ2n) is 6.07. The van der Waals surface area contributed by atoms with Gasteiger partial charge in [-0.3, -0.25) is 9.78 Å². The topological polar surface area (TPSA) is 67.8 Å². The number of aromatic nitrogens is 2. The Morgan fingerprint density at radius 3 is 2.56 bits per heavy atom. The van der Waals surface area contributed by atoms with E-state index in [4.69, 9.17) is 32.7 Å². The van der Waals surface area contributed by atoms with Gasteiger partial charge in [-0.15, -0.1) is 0 Å². The molecular weight excluding hydrogens is 391 g/mol. The number of carbonyl (C=O) groups is 1. The lowest BCUT2D eigenvalue weighted by Crippen LogP contribution is -2.52. The van der Waals surface area contributed by atoms with Gasteiger partial charge in [-0.1, -0.05) is 23.2 Å². The summed E-state index contributed by atoms with van der Waals surface area (Å²) in [5, 5.41) is 0.835. The minimum Gasteiger partial charge on any atom is -0.481 e. The normalized spacial score (nSPS) is 15.4. The lowest BCUT2D eigenvalue weighted by atomic mass is 10.2. The van der Waals surface area contributed by atoms with Crippen LogP contribution in [0.3, 0.4) is 0 Å². The second-order valence-corrected chi connectivity index (χ2v) is 6.88. The van der Waals surface area contributed by atoms with Gasteiger partial charge >= 0.3 is 0 Å². The highest BCUT2D eigenvalue weighted by atomic mass is 35.5. The maximum atomic E-state index is 12.7. The smallest absolute Gasteiger partial charge is 0.263 e. The van der Waals surface area contributed by atoms with E-state index in [-0.39, 0.29) is 5.91 Å². The Balaban J connectivity index is 1.56. The van der Waals surface area contributed by atoms with Crippen LogP contribution in [0.1, 0.15) is 6.92 Å². The molecule has 0 spiro atoms. The minimum atomic E-state index is -0.620. The van der Waals surface area contributed by atoms with Gasteiger partial charge in [-0.05, 0) is 19.1 Å². The average Bonchev–Trinajstić information content (AvgIpc) is 2.70. The van der Waals surface area contributed by atoms with Crippen LogP contribution in [0.15, 0.2) is 30.6 Å². The SMILES string of the molecule is COc1cncc(N2CCN(C(=O)C(C)Oc3ccc(Cl)c(Cl)c3)CC2)n1. The first kappa shape index (κ1) is 19.5. The van der Waals surface area contributed by atoms with Gasteiger partial charge in [0.05, 0.1) is 29.5 Å². The molecule has 9 heteroatoms. The molecule has 1 aromatic carbocycles. The summed E-state index contributed by atoms with van der Waals surface area (Å²) in [5.41, 5.74) is 0. The molecule has 0 bridgehead atoms. The van der Waals surface area contributed by atoms with Gasteiger partial charge in [-0.2, -0.15) is 4.98 Å². The van der Waals surface area contributed by atoms with Crippen LogP contribution in [0.25, 0.3) is 0 Å².